The molecule has 0 bridgehead atoms. The molecule has 3 aromatic rings. The highest BCUT2D eigenvalue weighted by molar-refractivity contribution is 5.55. The van der Waals surface area contributed by atoms with E-state index in [0.29, 0.717) is 12.1 Å². The van der Waals surface area contributed by atoms with E-state index in [1.807, 2.05) is 43.3 Å². The molecule has 0 fully saturated rings. The zero-order valence-electron chi connectivity index (χ0n) is 12.8. The molecule has 1 heterocycles. The number of nitrogens with one attached hydrogen (secondary N) is 1. The summed E-state index contributed by atoms with van der Waals surface area (Å²) in [4.78, 5) is 3.37. The summed E-state index contributed by atoms with van der Waals surface area (Å²) in [6, 6.07) is 14.9. The number of benzene rings is 2. The van der Waals surface area contributed by atoms with Crippen molar-refractivity contribution in [2.24, 2.45) is 0 Å². The Balaban J connectivity index is 1.68. The number of hydrogen-bond donors (Lipinski definition) is 1. The molecule has 0 aliphatic rings. The Kier molecular flexibility index (Phi) is 4.24. The molecule has 0 aliphatic heterocycles. The van der Waals surface area contributed by atoms with Gasteiger partial charge in [0.25, 0.3) is 0 Å². The van der Waals surface area contributed by atoms with Crippen molar-refractivity contribution in [2.75, 3.05) is 5.32 Å². The molecule has 0 unspecified atom stereocenters. The minimum absolute atomic E-state index is 0.0829. The highest BCUT2D eigenvalue weighted by atomic mass is 19.4. The lowest BCUT2D eigenvalue weighted by molar-refractivity contribution is -0.159. The van der Waals surface area contributed by atoms with Crippen molar-refractivity contribution in [3.05, 3.63) is 65.5 Å². The van der Waals surface area contributed by atoms with Crippen LogP contribution in [-0.4, -0.2) is 10.1 Å². The molecule has 1 aromatic heterocycles. The molecule has 1 N–H and O–H groups in total. The summed E-state index contributed by atoms with van der Waals surface area (Å²) >= 11 is 0. The van der Waals surface area contributed by atoms with Crippen molar-refractivity contribution >= 4 is 5.69 Å². The SMILES string of the molecule is Cc1cccc(NCc2ccc(-c3noc(C(F)(F)F)n3)cc2)c1. The van der Waals surface area contributed by atoms with Crippen molar-refractivity contribution in [2.45, 2.75) is 19.6 Å². The van der Waals surface area contributed by atoms with Crippen LogP contribution in [0.25, 0.3) is 11.4 Å². The first-order valence-corrected chi connectivity index (χ1v) is 7.22. The number of aromatic nitrogens is 2. The van der Waals surface area contributed by atoms with Gasteiger partial charge in [0.15, 0.2) is 0 Å². The second-order valence-electron chi connectivity index (χ2n) is 5.34. The Morgan fingerprint density at radius 1 is 1.08 bits per heavy atom. The quantitative estimate of drug-likeness (QED) is 0.753. The van der Waals surface area contributed by atoms with Gasteiger partial charge in [0.05, 0.1) is 0 Å². The second kappa shape index (κ2) is 6.35. The van der Waals surface area contributed by atoms with Crippen LogP contribution in [0.4, 0.5) is 18.9 Å². The maximum absolute atomic E-state index is 12.5. The minimum atomic E-state index is -4.64. The number of nitrogens with zero attached hydrogens (tertiary/aromatic N) is 2. The van der Waals surface area contributed by atoms with Gasteiger partial charge >= 0.3 is 12.1 Å². The maximum atomic E-state index is 12.5. The van der Waals surface area contributed by atoms with E-state index < -0.39 is 12.1 Å². The number of aryl methyl sites for hydroxylation is 1. The van der Waals surface area contributed by atoms with E-state index in [4.69, 9.17) is 0 Å². The van der Waals surface area contributed by atoms with E-state index in [2.05, 4.69) is 20.0 Å². The van der Waals surface area contributed by atoms with Gasteiger partial charge in [-0.15, -0.1) is 0 Å². The molecular weight excluding hydrogens is 319 g/mol. The Morgan fingerprint density at radius 3 is 2.46 bits per heavy atom. The molecule has 2 aromatic carbocycles. The fourth-order valence-electron chi connectivity index (χ4n) is 2.19. The van der Waals surface area contributed by atoms with Crippen LogP contribution in [0.1, 0.15) is 17.0 Å². The molecule has 3 rings (SSSR count). The summed E-state index contributed by atoms with van der Waals surface area (Å²) < 4.78 is 41.6. The topological polar surface area (TPSA) is 51.0 Å². The number of alkyl halides is 3. The molecule has 0 spiro atoms. The third kappa shape index (κ3) is 3.73. The van der Waals surface area contributed by atoms with E-state index in [1.54, 1.807) is 12.1 Å². The van der Waals surface area contributed by atoms with E-state index >= 15 is 0 Å². The summed E-state index contributed by atoms with van der Waals surface area (Å²) in [5.74, 6) is -1.43. The molecule has 0 atom stereocenters. The average Bonchev–Trinajstić information content (AvgIpc) is 3.04. The molecule has 24 heavy (non-hydrogen) atoms. The standard InChI is InChI=1S/C17H14F3N3O/c1-11-3-2-4-14(9-11)21-10-12-5-7-13(8-6-12)15-22-16(24-23-15)17(18,19)20/h2-9,21H,10H2,1H3. The normalized spacial score (nSPS) is 11.5. The molecule has 0 saturated heterocycles. The third-order valence-electron chi connectivity index (χ3n) is 3.40. The third-order valence-corrected chi connectivity index (χ3v) is 3.40. The fraction of sp³-hybridized carbons (Fsp3) is 0.176. The highest BCUT2D eigenvalue weighted by Crippen LogP contribution is 2.29. The lowest BCUT2D eigenvalue weighted by atomic mass is 10.1. The summed E-state index contributed by atoms with van der Waals surface area (Å²) in [5, 5.41) is 6.65. The van der Waals surface area contributed by atoms with Crippen molar-refractivity contribution in [3.63, 3.8) is 0 Å². The van der Waals surface area contributed by atoms with E-state index in [9.17, 15) is 13.2 Å². The Labute approximate surface area is 136 Å². The Hall–Kier alpha value is -2.83. The van der Waals surface area contributed by atoms with Gasteiger partial charge in [0.2, 0.25) is 5.82 Å². The van der Waals surface area contributed by atoms with Crippen LogP contribution in [-0.2, 0) is 12.7 Å². The summed E-state index contributed by atoms with van der Waals surface area (Å²) in [6.07, 6.45) is -4.64. The molecular formula is C17H14F3N3O. The monoisotopic (exact) mass is 333 g/mol. The van der Waals surface area contributed by atoms with E-state index in [0.717, 1.165) is 16.8 Å². The van der Waals surface area contributed by atoms with E-state index in [1.165, 1.54) is 0 Å². The van der Waals surface area contributed by atoms with Crippen LogP contribution >= 0.6 is 0 Å². The molecule has 4 nitrogen and oxygen atoms in total. The highest BCUT2D eigenvalue weighted by Gasteiger charge is 2.38. The van der Waals surface area contributed by atoms with Gasteiger partial charge in [-0.1, -0.05) is 41.6 Å². The molecule has 7 heteroatoms. The van der Waals surface area contributed by atoms with Crippen molar-refractivity contribution < 1.29 is 17.7 Å². The molecule has 0 saturated carbocycles. The minimum Gasteiger partial charge on any atom is -0.381 e. The van der Waals surface area contributed by atoms with Crippen LogP contribution in [0, 0.1) is 6.92 Å². The zero-order chi connectivity index (χ0) is 17.2. The fourth-order valence-corrected chi connectivity index (χ4v) is 2.19. The number of rotatable bonds is 4. The van der Waals surface area contributed by atoms with Gasteiger partial charge in [0, 0.05) is 17.8 Å². The average molecular weight is 333 g/mol. The van der Waals surface area contributed by atoms with Gasteiger partial charge in [-0.25, -0.2) is 0 Å². The first-order chi connectivity index (χ1) is 11.4. The smallest absolute Gasteiger partial charge is 0.381 e. The maximum Gasteiger partial charge on any atom is 0.471 e. The lowest BCUT2D eigenvalue weighted by Gasteiger charge is -2.07. The van der Waals surface area contributed by atoms with Gasteiger partial charge < -0.3 is 9.84 Å². The number of anilines is 1. The lowest BCUT2D eigenvalue weighted by Crippen LogP contribution is -2.04. The van der Waals surface area contributed by atoms with E-state index in [-0.39, 0.29) is 5.82 Å². The molecule has 0 radical (unpaired) electrons. The zero-order valence-corrected chi connectivity index (χ0v) is 12.8. The Morgan fingerprint density at radius 2 is 1.83 bits per heavy atom. The van der Waals surface area contributed by atoms with Gasteiger partial charge in [-0.3, -0.25) is 0 Å². The van der Waals surface area contributed by atoms with Crippen molar-refractivity contribution in [3.8, 4) is 11.4 Å². The van der Waals surface area contributed by atoms with Crippen LogP contribution in [0.5, 0.6) is 0 Å². The van der Waals surface area contributed by atoms with Crippen molar-refractivity contribution in [1.29, 1.82) is 0 Å². The van der Waals surface area contributed by atoms with Crippen LogP contribution in [0.2, 0.25) is 0 Å². The second-order valence-corrected chi connectivity index (χ2v) is 5.34. The van der Waals surface area contributed by atoms with Crippen molar-refractivity contribution in [1.82, 2.24) is 10.1 Å². The number of halogens is 3. The van der Waals surface area contributed by atoms with Gasteiger partial charge in [-0.05, 0) is 30.2 Å². The van der Waals surface area contributed by atoms with Crippen LogP contribution in [0.3, 0.4) is 0 Å². The van der Waals surface area contributed by atoms with Gasteiger partial charge in [-0.2, -0.15) is 18.2 Å². The largest absolute Gasteiger partial charge is 0.471 e. The summed E-state index contributed by atoms with van der Waals surface area (Å²) in [7, 11) is 0. The predicted octanol–water partition coefficient (Wildman–Crippen LogP) is 4.68. The molecule has 124 valence electrons. The summed E-state index contributed by atoms with van der Waals surface area (Å²) in [5.41, 5.74) is 3.62. The first-order valence-electron chi connectivity index (χ1n) is 7.22. The van der Waals surface area contributed by atoms with Crippen LogP contribution in [0.15, 0.2) is 53.1 Å². The Bertz CT molecular complexity index is 826. The van der Waals surface area contributed by atoms with Crippen LogP contribution < -0.4 is 5.32 Å². The summed E-state index contributed by atoms with van der Waals surface area (Å²) in [6.45, 7) is 2.61. The molecule has 0 amide bonds. The predicted molar refractivity (Wildman–Crippen MR) is 83.2 cm³/mol. The first kappa shape index (κ1) is 16.0. The number of hydrogen-bond acceptors (Lipinski definition) is 4. The van der Waals surface area contributed by atoms with Gasteiger partial charge in [0.1, 0.15) is 0 Å². The molecule has 0 aliphatic carbocycles.